The van der Waals surface area contributed by atoms with E-state index in [2.05, 4.69) is 0 Å². The summed E-state index contributed by atoms with van der Waals surface area (Å²) in [5, 5.41) is 8.13. The second kappa shape index (κ2) is 4.42. The number of alkyl halides is 2. The van der Waals surface area contributed by atoms with Gasteiger partial charge in [-0.05, 0) is 6.92 Å². The molecule has 0 aromatic rings. The maximum atomic E-state index is 11.5. The Hall–Kier alpha value is -0.400. The summed E-state index contributed by atoms with van der Waals surface area (Å²) in [7, 11) is 0. The van der Waals surface area contributed by atoms with Crippen LogP contribution in [-0.4, -0.2) is 12.0 Å². The highest BCUT2D eigenvalue weighted by Crippen LogP contribution is 2.10. The van der Waals surface area contributed by atoms with Crippen LogP contribution in [0, 0.1) is 11.3 Å². The van der Waals surface area contributed by atoms with E-state index in [9.17, 15) is 8.78 Å². The minimum atomic E-state index is -2.50. The first-order chi connectivity index (χ1) is 3.98. The molecular weight excluding hydrogens is 162 g/mol. The second-order valence-electron chi connectivity index (χ2n) is 2.12. The zero-order valence-electron chi connectivity index (χ0n) is 5.47. The standard InChI is InChI=1S/C5H8F2N2.ClH/c1-5(9,3-8)2-4(6)7;/h4H,2,9H2,1H3;1H. The Morgan fingerprint density at radius 2 is 2.10 bits per heavy atom. The third-order valence-electron chi connectivity index (χ3n) is 0.834. The number of nitrogens with two attached hydrogens (primary N) is 1. The largest absolute Gasteiger partial charge is 0.313 e. The fourth-order valence-corrected chi connectivity index (χ4v) is 0.366. The summed E-state index contributed by atoms with van der Waals surface area (Å²) in [5.41, 5.74) is 3.70. The Labute approximate surface area is 64.4 Å². The quantitative estimate of drug-likeness (QED) is 0.679. The summed E-state index contributed by atoms with van der Waals surface area (Å²) in [4.78, 5) is 0. The van der Waals surface area contributed by atoms with Crippen LogP contribution in [0.5, 0.6) is 0 Å². The van der Waals surface area contributed by atoms with Gasteiger partial charge in [-0.2, -0.15) is 5.26 Å². The van der Waals surface area contributed by atoms with Crippen molar-refractivity contribution in [2.75, 3.05) is 0 Å². The molecule has 1 unspecified atom stereocenters. The molecule has 0 aliphatic heterocycles. The van der Waals surface area contributed by atoms with Crippen LogP contribution in [0.2, 0.25) is 0 Å². The van der Waals surface area contributed by atoms with E-state index in [4.69, 9.17) is 11.0 Å². The van der Waals surface area contributed by atoms with Crippen LogP contribution in [-0.2, 0) is 0 Å². The maximum absolute atomic E-state index is 11.5. The molecule has 0 saturated heterocycles. The van der Waals surface area contributed by atoms with Crippen molar-refractivity contribution in [1.82, 2.24) is 0 Å². The van der Waals surface area contributed by atoms with E-state index in [1.54, 1.807) is 6.07 Å². The summed E-state index contributed by atoms with van der Waals surface area (Å²) in [6, 6.07) is 1.57. The van der Waals surface area contributed by atoms with Gasteiger partial charge in [0.05, 0.1) is 6.07 Å². The lowest BCUT2D eigenvalue weighted by Crippen LogP contribution is -2.36. The van der Waals surface area contributed by atoms with Crippen LogP contribution >= 0.6 is 12.4 Å². The van der Waals surface area contributed by atoms with Crippen molar-refractivity contribution in [2.24, 2.45) is 5.73 Å². The molecule has 0 heterocycles. The molecule has 2 N–H and O–H groups in total. The van der Waals surface area contributed by atoms with Gasteiger partial charge in [0, 0.05) is 6.42 Å². The third-order valence-corrected chi connectivity index (χ3v) is 0.834. The fraction of sp³-hybridized carbons (Fsp3) is 0.800. The maximum Gasteiger partial charge on any atom is 0.241 e. The average molecular weight is 171 g/mol. The lowest BCUT2D eigenvalue weighted by Gasteiger charge is -2.12. The Morgan fingerprint density at radius 1 is 1.70 bits per heavy atom. The first kappa shape index (κ1) is 12.3. The van der Waals surface area contributed by atoms with E-state index in [0.29, 0.717) is 0 Å². The van der Waals surface area contributed by atoms with Crippen molar-refractivity contribution in [2.45, 2.75) is 25.3 Å². The highest BCUT2D eigenvalue weighted by Gasteiger charge is 2.22. The second-order valence-corrected chi connectivity index (χ2v) is 2.12. The Bertz CT molecular complexity index is 130. The minimum absolute atomic E-state index is 0. The minimum Gasteiger partial charge on any atom is -0.313 e. The molecule has 0 aliphatic rings. The summed E-state index contributed by atoms with van der Waals surface area (Å²) >= 11 is 0. The van der Waals surface area contributed by atoms with E-state index in [1.165, 1.54) is 6.92 Å². The molecule has 2 nitrogen and oxygen atoms in total. The molecule has 1 atom stereocenters. The predicted molar refractivity (Wildman–Crippen MR) is 36.1 cm³/mol. The van der Waals surface area contributed by atoms with E-state index >= 15 is 0 Å². The molecule has 60 valence electrons. The molecule has 5 heteroatoms. The van der Waals surface area contributed by atoms with Crippen molar-refractivity contribution >= 4 is 12.4 Å². The molecule has 0 spiro atoms. The molecule has 10 heavy (non-hydrogen) atoms. The van der Waals surface area contributed by atoms with Gasteiger partial charge in [-0.15, -0.1) is 12.4 Å². The summed E-state index contributed by atoms with van der Waals surface area (Å²) < 4.78 is 23.0. The Balaban J connectivity index is 0. The smallest absolute Gasteiger partial charge is 0.241 e. The zero-order valence-corrected chi connectivity index (χ0v) is 6.29. The lowest BCUT2D eigenvalue weighted by atomic mass is 10.0. The number of hydrogen-bond donors (Lipinski definition) is 1. The van der Waals surface area contributed by atoms with Crippen LogP contribution in [0.25, 0.3) is 0 Å². The zero-order chi connectivity index (χ0) is 7.49. The van der Waals surface area contributed by atoms with Crippen LogP contribution in [0.4, 0.5) is 8.78 Å². The molecule has 0 amide bonds. The number of rotatable bonds is 2. The molecular formula is C5H9ClF2N2. The molecule has 0 aliphatic carbocycles. The number of hydrogen-bond acceptors (Lipinski definition) is 2. The first-order valence-electron chi connectivity index (χ1n) is 2.46. The Kier molecular flexibility index (Phi) is 5.43. The third kappa shape index (κ3) is 5.73. The monoisotopic (exact) mass is 170 g/mol. The van der Waals surface area contributed by atoms with E-state index in [1.807, 2.05) is 0 Å². The molecule has 0 aromatic heterocycles. The van der Waals surface area contributed by atoms with Gasteiger partial charge in [0.25, 0.3) is 0 Å². The SMILES string of the molecule is CC(N)(C#N)CC(F)F.Cl. The lowest BCUT2D eigenvalue weighted by molar-refractivity contribution is 0.120. The van der Waals surface area contributed by atoms with Gasteiger partial charge in [0.15, 0.2) is 0 Å². The van der Waals surface area contributed by atoms with Crippen molar-refractivity contribution in [3.05, 3.63) is 0 Å². The van der Waals surface area contributed by atoms with Gasteiger partial charge in [0.2, 0.25) is 6.43 Å². The highest BCUT2D eigenvalue weighted by molar-refractivity contribution is 5.85. The van der Waals surface area contributed by atoms with Gasteiger partial charge in [-0.3, -0.25) is 0 Å². The van der Waals surface area contributed by atoms with E-state index in [-0.39, 0.29) is 12.4 Å². The predicted octanol–water partition coefficient (Wildman–Crippen LogP) is 1.30. The molecule has 0 saturated carbocycles. The van der Waals surface area contributed by atoms with Gasteiger partial charge in [-0.25, -0.2) is 8.78 Å². The molecule has 0 bridgehead atoms. The van der Waals surface area contributed by atoms with Crippen LogP contribution in [0.1, 0.15) is 13.3 Å². The van der Waals surface area contributed by atoms with Crippen molar-refractivity contribution < 1.29 is 8.78 Å². The topological polar surface area (TPSA) is 49.8 Å². The van der Waals surface area contributed by atoms with Crippen LogP contribution in [0.15, 0.2) is 0 Å². The number of nitrogens with zero attached hydrogens (tertiary/aromatic N) is 1. The van der Waals surface area contributed by atoms with Gasteiger partial charge < -0.3 is 5.73 Å². The summed E-state index contributed by atoms with van der Waals surface area (Å²) in [6.45, 7) is 1.28. The summed E-state index contributed by atoms with van der Waals surface area (Å²) in [6.07, 6.45) is -3.07. The number of nitriles is 1. The van der Waals surface area contributed by atoms with Crippen molar-refractivity contribution in [3.63, 3.8) is 0 Å². The van der Waals surface area contributed by atoms with Crippen LogP contribution < -0.4 is 5.73 Å². The fourth-order valence-electron chi connectivity index (χ4n) is 0.366. The summed E-state index contributed by atoms with van der Waals surface area (Å²) in [5.74, 6) is 0. The average Bonchev–Trinajstić information content (AvgIpc) is 1.63. The molecule has 0 radical (unpaired) electrons. The van der Waals surface area contributed by atoms with E-state index < -0.39 is 18.4 Å². The molecule has 0 rings (SSSR count). The molecule has 0 fully saturated rings. The Morgan fingerprint density at radius 3 is 2.20 bits per heavy atom. The van der Waals surface area contributed by atoms with Gasteiger partial charge >= 0.3 is 0 Å². The first-order valence-corrected chi connectivity index (χ1v) is 2.46. The van der Waals surface area contributed by atoms with Gasteiger partial charge in [-0.1, -0.05) is 0 Å². The normalized spacial score (nSPS) is 15.2. The van der Waals surface area contributed by atoms with Gasteiger partial charge in [0.1, 0.15) is 5.54 Å². The van der Waals surface area contributed by atoms with Crippen molar-refractivity contribution in [1.29, 1.82) is 5.26 Å². The highest BCUT2D eigenvalue weighted by atomic mass is 35.5. The molecule has 0 aromatic carbocycles. The van der Waals surface area contributed by atoms with E-state index in [0.717, 1.165) is 0 Å². The van der Waals surface area contributed by atoms with Crippen LogP contribution in [0.3, 0.4) is 0 Å². The number of halogens is 3. The van der Waals surface area contributed by atoms with Crippen molar-refractivity contribution in [3.8, 4) is 6.07 Å².